The van der Waals surface area contributed by atoms with Crippen LogP contribution in [0.15, 0.2) is 79.0 Å². The molecular weight excluding hydrogens is 440 g/mol. The summed E-state index contributed by atoms with van der Waals surface area (Å²) in [6.07, 6.45) is 11.4. The molecule has 0 aromatic heterocycles. The van der Waals surface area contributed by atoms with Crippen molar-refractivity contribution in [3.05, 3.63) is 95.7 Å². The van der Waals surface area contributed by atoms with E-state index in [1.54, 1.807) is 0 Å². The summed E-state index contributed by atoms with van der Waals surface area (Å²) in [5.41, 5.74) is 7.98. The number of phenols is 1. The molecule has 4 rings (SSSR count). The first kappa shape index (κ1) is 25.9. The standard InChI is InChI=1S/C33H42N2O/c1-4-5-12-28-24-27(23-25(2)33(28)36)18-17-26(3)35(31-15-10-7-11-16-31)32-21-19-30(20-22-32)34-29-13-8-6-9-14-29/h6,8-9,13-14,19-24,31,34,36H,3-5,7,10-12,15-18H2,1-2H3. The molecule has 1 saturated carbocycles. The highest BCUT2D eigenvalue weighted by Gasteiger charge is 2.23. The molecular formula is C33H42N2O. The van der Waals surface area contributed by atoms with Gasteiger partial charge in [0.05, 0.1) is 0 Å². The summed E-state index contributed by atoms with van der Waals surface area (Å²) in [6, 6.07) is 24.0. The van der Waals surface area contributed by atoms with Crippen molar-refractivity contribution in [1.29, 1.82) is 0 Å². The number of hydrogen-bond acceptors (Lipinski definition) is 3. The number of unbranched alkanes of at least 4 members (excludes halogenated alkanes) is 1. The van der Waals surface area contributed by atoms with E-state index in [1.807, 2.05) is 25.1 Å². The van der Waals surface area contributed by atoms with Crippen LogP contribution in [0.1, 0.15) is 75.0 Å². The maximum absolute atomic E-state index is 10.5. The van der Waals surface area contributed by atoms with Gasteiger partial charge in [-0.15, -0.1) is 0 Å². The van der Waals surface area contributed by atoms with Crippen molar-refractivity contribution in [3.8, 4) is 5.75 Å². The second-order valence-corrected chi connectivity index (χ2v) is 10.3. The Bertz CT molecular complexity index is 1110. The number of aromatic hydroxyl groups is 1. The summed E-state index contributed by atoms with van der Waals surface area (Å²) in [5, 5.41) is 14.0. The second kappa shape index (κ2) is 12.7. The van der Waals surface area contributed by atoms with Crippen molar-refractivity contribution < 1.29 is 5.11 Å². The number of hydrogen-bond donors (Lipinski definition) is 2. The smallest absolute Gasteiger partial charge is 0.121 e. The van der Waals surface area contributed by atoms with Gasteiger partial charge in [-0.2, -0.15) is 0 Å². The van der Waals surface area contributed by atoms with Gasteiger partial charge in [-0.3, -0.25) is 0 Å². The average Bonchev–Trinajstić information content (AvgIpc) is 2.91. The molecule has 0 heterocycles. The lowest BCUT2D eigenvalue weighted by molar-refractivity contribution is 0.426. The SMILES string of the molecule is C=C(CCc1cc(C)c(O)c(CCCC)c1)N(c1ccc(Nc2ccccc2)cc1)C1CCCCC1. The number of phenolic OH excluding ortho intramolecular Hbond substituents is 1. The van der Waals surface area contributed by atoms with E-state index in [0.717, 1.165) is 54.6 Å². The van der Waals surface area contributed by atoms with Crippen molar-refractivity contribution in [2.24, 2.45) is 0 Å². The van der Waals surface area contributed by atoms with Crippen molar-refractivity contribution in [2.75, 3.05) is 10.2 Å². The highest BCUT2D eigenvalue weighted by atomic mass is 16.3. The third-order valence-electron chi connectivity index (χ3n) is 7.43. The van der Waals surface area contributed by atoms with E-state index in [2.05, 4.69) is 72.3 Å². The lowest BCUT2D eigenvalue weighted by Gasteiger charge is -2.37. The number of para-hydroxylation sites is 1. The fourth-order valence-electron chi connectivity index (χ4n) is 5.43. The zero-order valence-electron chi connectivity index (χ0n) is 22.1. The van der Waals surface area contributed by atoms with Crippen LogP contribution in [0.25, 0.3) is 0 Å². The molecule has 0 amide bonds. The van der Waals surface area contributed by atoms with E-state index >= 15 is 0 Å². The molecule has 3 nitrogen and oxygen atoms in total. The molecule has 0 aliphatic heterocycles. The molecule has 1 aliphatic rings. The van der Waals surface area contributed by atoms with E-state index in [0.29, 0.717) is 11.8 Å². The third-order valence-corrected chi connectivity index (χ3v) is 7.43. The van der Waals surface area contributed by atoms with Crippen LogP contribution in [0.2, 0.25) is 0 Å². The Morgan fingerprint density at radius 3 is 2.33 bits per heavy atom. The molecule has 190 valence electrons. The Labute approximate surface area is 217 Å². The van der Waals surface area contributed by atoms with Crippen LogP contribution in [0.3, 0.4) is 0 Å². The lowest BCUT2D eigenvalue weighted by atomic mass is 9.92. The summed E-state index contributed by atoms with van der Waals surface area (Å²) >= 11 is 0. The normalized spacial score (nSPS) is 13.9. The first-order chi connectivity index (χ1) is 17.5. The van der Waals surface area contributed by atoms with E-state index in [1.165, 1.54) is 49.1 Å². The molecule has 0 spiro atoms. The Morgan fingerprint density at radius 1 is 0.944 bits per heavy atom. The average molecular weight is 483 g/mol. The van der Waals surface area contributed by atoms with Crippen LogP contribution in [0.5, 0.6) is 5.75 Å². The minimum absolute atomic E-state index is 0.471. The molecule has 1 aliphatic carbocycles. The zero-order valence-corrected chi connectivity index (χ0v) is 22.1. The summed E-state index contributed by atoms with van der Waals surface area (Å²) in [7, 11) is 0. The van der Waals surface area contributed by atoms with E-state index < -0.39 is 0 Å². The second-order valence-electron chi connectivity index (χ2n) is 10.3. The maximum Gasteiger partial charge on any atom is 0.121 e. The van der Waals surface area contributed by atoms with Crippen LogP contribution in [0, 0.1) is 6.92 Å². The molecule has 0 radical (unpaired) electrons. The number of rotatable bonds is 11. The Kier molecular flexibility index (Phi) is 9.11. The van der Waals surface area contributed by atoms with Crippen LogP contribution < -0.4 is 10.2 Å². The van der Waals surface area contributed by atoms with Gasteiger partial charge >= 0.3 is 0 Å². The molecule has 0 unspecified atom stereocenters. The molecule has 3 aromatic rings. The van der Waals surface area contributed by atoms with Gasteiger partial charge < -0.3 is 15.3 Å². The number of aryl methyl sites for hydroxylation is 3. The van der Waals surface area contributed by atoms with Gasteiger partial charge in [0.2, 0.25) is 0 Å². The van der Waals surface area contributed by atoms with Crippen LogP contribution >= 0.6 is 0 Å². The van der Waals surface area contributed by atoms with Gasteiger partial charge in [0.1, 0.15) is 5.75 Å². The van der Waals surface area contributed by atoms with E-state index in [-0.39, 0.29) is 0 Å². The fraction of sp³-hybridized carbons (Fsp3) is 0.394. The third kappa shape index (κ3) is 6.72. The van der Waals surface area contributed by atoms with Crippen molar-refractivity contribution in [3.63, 3.8) is 0 Å². The van der Waals surface area contributed by atoms with Crippen LogP contribution in [0.4, 0.5) is 17.1 Å². The Hall–Kier alpha value is -3.20. The fourth-order valence-corrected chi connectivity index (χ4v) is 5.43. The van der Waals surface area contributed by atoms with Crippen molar-refractivity contribution in [1.82, 2.24) is 0 Å². The Morgan fingerprint density at radius 2 is 1.64 bits per heavy atom. The number of nitrogens with one attached hydrogen (secondary N) is 1. The minimum Gasteiger partial charge on any atom is -0.507 e. The van der Waals surface area contributed by atoms with Gasteiger partial charge in [0.25, 0.3) is 0 Å². The predicted octanol–water partition coefficient (Wildman–Crippen LogP) is 9.07. The largest absolute Gasteiger partial charge is 0.507 e. The lowest BCUT2D eigenvalue weighted by Crippen LogP contribution is -2.36. The highest BCUT2D eigenvalue weighted by molar-refractivity contribution is 5.64. The maximum atomic E-state index is 10.5. The van der Waals surface area contributed by atoms with Gasteiger partial charge in [-0.1, -0.05) is 69.5 Å². The first-order valence-corrected chi connectivity index (χ1v) is 13.8. The molecule has 3 aromatic carbocycles. The summed E-state index contributed by atoms with van der Waals surface area (Å²) < 4.78 is 0. The minimum atomic E-state index is 0.471. The molecule has 1 fully saturated rings. The molecule has 0 bridgehead atoms. The number of anilines is 3. The van der Waals surface area contributed by atoms with Gasteiger partial charge in [-0.05, 0) is 98.5 Å². The molecule has 0 saturated heterocycles. The molecule has 2 N–H and O–H groups in total. The number of nitrogens with zero attached hydrogens (tertiary/aromatic N) is 1. The number of allylic oxidation sites excluding steroid dienone is 1. The summed E-state index contributed by atoms with van der Waals surface area (Å²) in [5.74, 6) is 0.471. The van der Waals surface area contributed by atoms with Gasteiger partial charge in [0, 0.05) is 28.8 Å². The Balaban J connectivity index is 1.49. The number of benzene rings is 3. The molecule has 36 heavy (non-hydrogen) atoms. The molecule has 0 atom stereocenters. The quantitative estimate of drug-likeness (QED) is 0.286. The summed E-state index contributed by atoms with van der Waals surface area (Å²) in [4.78, 5) is 2.51. The zero-order chi connectivity index (χ0) is 25.3. The van der Waals surface area contributed by atoms with Crippen LogP contribution in [-0.2, 0) is 12.8 Å². The highest BCUT2D eigenvalue weighted by Crippen LogP contribution is 2.33. The van der Waals surface area contributed by atoms with Crippen molar-refractivity contribution in [2.45, 2.75) is 84.1 Å². The van der Waals surface area contributed by atoms with Crippen molar-refractivity contribution >= 4 is 17.1 Å². The van der Waals surface area contributed by atoms with E-state index in [9.17, 15) is 5.11 Å². The molecule has 3 heteroatoms. The summed E-state index contributed by atoms with van der Waals surface area (Å²) in [6.45, 7) is 8.80. The van der Waals surface area contributed by atoms with Gasteiger partial charge in [0.15, 0.2) is 0 Å². The van der Waals surface area contributed by atoms with Crippen LogP contribution in [-0.4, -0.2) is 11.1 Å². The monoisotopic (exact) mass is 482 g/mol. The first-order valence-electron chi connectivity index (χ1n) is 13.8. The van der Waals surface area contributed by atoms with E-state index in [4.69, 9.17) is 0 Å². The van der Waals surface area contributed by atoms with Gasteiger partial charge in [-0.25, -0.2) is 0 Å². The topological polar surface area (TPSA) is 35.5 Å². The predicted molar refractivity (Wildman–Crippen MR) is 154 cm³/mol.